The van der Waals surface area contributed by atoms with Crippen LogP contribution in [0.5, 0.6) is 0 Å². The third-order valence-corrected chi connectivity index (χ3v) is 15.1. The molecular weight excluding hydrogens is 1050 g/mol. The Morgan fingerprint density at radius 3 is 2.00 bits per heavy atom. The van der Waals surface area contributed by atoms with Gasteiger partial charge in [0.2, 0.25) is 11.8 Å². The van der Waals surface area contributed by atoms with Gasteiger partial charge in [0.25, 0.3) is 0 Å². The van der Waals surface area contributed by atoms with E-state index in [4.69, 9.17) is 50.8 Å². The van der Waals surface area contributed by atoms with Gasteiger partial charge in [-0.25, -0.2) is 19.2 Å². The van der Waals surface area contributed by atoms with Gasteiger partial charge in [0, 0.05) is 51.1 Å². The number of thiocarbonyl (C=S) groups is 1. The molecule has 2 amide bonds. The Labute approximate surface area is 437 Å². The molecule has 3 aliphatic rings. The molecule has 0 saturated carbocycles. The molecule has 74 heavy (non-hydrogen) atoms. The van der Waals surface area contributed by atoms with Gasteiger partial charge in [-0.15, -0.1) is 0 Å². The molecule has 0 aromatic rings. The molecule has 3 rings (SSSR count). The maximum Gasteiger partial charge on any atom is 0.341 e. The zero-order valence-corrected chi connectivity index (χ0v) is 44.2. The quantitative estimate of drug-likeness (QED) is 0.0305. The monoisotopic (exact) mass is 1110 g/mol. The molecular formula is C44H64N4O23S3. The predicted octanol–water partition coefficient (Wildman–Crippen LogP) is -1.27. The first-order valence-electron chi connectivity index (χ1n) is 22.9. The summed E-state index contributed by atoms with van der Waals surface area (Å²) in [6, 6.07) is -4.65. The lowest BCUT2D eigenvalue weighted by Crippen LogP contribution is -2.70. The van der Waals surface area contributed by atoms with Crippen molar-refractivity contribution in [1.82, 2.24) is 16.0 Å². The number of aliphatic hydroxyl groups is 4. The molecule has 0 aromatic carbocycles. The Hall–Kier alpha value is -5.05. The summed E-state index contributed by atoms with van der Waals surface area (Å²) in [5.74, 6) is -13.4. The van der Waals surface area contributed by atoms with Gasteiger partial charge in [-0.1, -0.05) is 44.8 Å². The highest BCUT2D eigenvalue weighted by Crippen LogP contribution is 2.43. The van der Waals surface area contributed by atoms with Crippen LogP contribution in [-0.4, -0.2) is 214 Å². The normalized spacial score (nSPS) is 29.5. The Morgan fingerprint density at radius 1 is 0.905 bits per heavy atom. The van der Waals surface area contributed by atoms with Crippen LogP contribution in [0.25, 0.3) is 0 Å². The zero-order valence-electron chi connectivity index (χ0n) is 41.7. The SMILES string of the molecule is CC[C@H](C)C(=O)O[C@@H](C)[C@@]1(O)[C@H](C)OC(O[C@@H]2[C@H](OC(=O)C(NC(=S)SC[C@H](NC(C)=O)C(=O)O)C(C)SC[C@H](NC(C)=O)C(=O)O)[C@@H](COC(C)=O)OC([C@@]3(O)CC(=O)C(=N)C(C(=O)O)=C3O)[C@@H]2O)C[C@@H]1OC. The van der Waals surface area contributed by atoms with Crippen LogP contribution in [0.1, 0.15) is 74.7 Å². The summed E-state index contributed by atoms with van der Waals surface area (Å²) in [4.78, 5) is 113. The maximum atomic E-state index is 14.8. The fourth-order valence-electron chi connectivity index (χ4n) is 8.09. The molecule has 416 valence electrons. The van der Waals surface area contributed by atoms with Crippen LogP contribution in [0.15, 0.2) is 11.3 Å². The van der Waals surface area contributed by atoms with Crippen molar-refractivity contribution in [2.75, 3.05) is 25.2 Å². The molecule has 0 radical (unpaired) electrons. The lowest BCUT2D eigenvalue weighted by Gasteiger charge is -2.52. The van der Waals surface area contributed by atoms with Crippen LogP contribution in [0, 0.1) is 11.3 Å². The van der Waals surface area contributed by atoms with Gasteiger partial charge < -0.3 is 84.9 Å². The van der Waals surface area contributed by atoms with Crippen LogP contribution >= 0.6 is 35.7 Å². The number of rotatable bonds is 24. The summed E-state index contributed by atoms with van der Waals surface area (Å²) in [5, 5.41) is 91.3. The van der Waals surface area contributed by atoms with E-state index in [1.54, 1.807) is 13.8 Å². The standard InChI is InChI=1S/C44H64N4O23S3/c1-10-16(2)40(61)68-19(5)44(64)18(4)67-28(11-27(44)65-9)70-34-32(53)36(43(63)12-25(52)30(45)29(35(43)54)39(59)60)69-26(13-66-22(8)51)33(34)71-41(62)31(17(3)73-14-23(37(55)56)46-20(6)49)48-42(72)74-15-24(38(57)58)47-21(7)50/h16-19,23-24,26-28,31-34,36,45,53-54,63-64H,10-15H2,1-9H3,(H,46,49)(H,47,50)(H,48,72)(H,55,56)(H,57,58)(H,59,60)/t16-,17?,18-,19-,23-,24-,26+,27-,28?,31?,32+,33+,34-,36?,43+,44-/m0/s1. The predicted molar refractivity (Wildman–Crippen MR) is 260 cm³/mol. The summed E-state index contributed by atoms with van der Waals surface area (Å²) in [5.41, 5.74) is -7.85. The molecule has 2 aliphatic heterocycles. The van der Waals surface area contributed by atoms with E-state index in [1.807, 2.05) is 0 Å². The van der Waals surface area contributed by atoms with Gasteiger partial charge in [-0.3, -0.25) is 29.4 Å². The molecule has 30 heteroatoms. The second-order valence-electron chi connectivity index (χ2n) is 17.7. The van der Waals surface area contributed by atoms with Gasteiger partial charge in [-0.05, 0) is 20.3 Å². The number of ketones is 1. The van der Waals surface area contributed by atoms with Crippen molar-refractivity contribution >= 4 is 99.2 Å². The number of aliphatic hydroxyl groups excluding tert-OH is 2. The van der Waals surface area contributed by atoms with E-state index in [-0.39, 0.29) is 15.8 Å². The van der Waals surface area contributed by atoms with Crippen molar-refractivity contribution in [3.63, 3.8) is 0 Å². The number of ether oxygens (including phenoxy) is 7. The summed E-state index contributed by atoms with van der Waals surface area (Å²) in [7, 11) is 1.21. The molecule has 2 saturated heterocycles. The summed E-state index contributed by atoms with van der Waals surface area (Å²) in [6.45, 7) is 9.72. The average Bonchev–Trinajstić information content (AvgIpc) is 3.30. The average molecular weight is 1110 g/mol. The summed E-state index contributed by atoms with van der Waals surface area (Å²) in [6.07, 6.45) is -17.7. The molecule has 16 atom stereocenters. The van der Waals surface area contributed by atoms with E-state index in [1.165, 1.54) is 27.9 Å². The molecule has 0 spiro atoms. The van der Waals surface area contributed by atoms with E-state index in [9.17, 15) is 78.9 Å². The number of aliphatic carboxylic acids is 3. The van der Waals surface area contributed by atoms with Gasteiger partial charge in [0.1, 0.15) is 76.6 Å². The number of carbonyl (C=O) groups is 9. The Balaban J connectivity index is 2.23. The molecule has 2 heterocycles. The van der Waals surface area contributed by atoms with Crippen LogP contribution in [-0.2, 0) is 76.3 Å². The number of carboxylic acid groups (broad SMARTS) is 3. The lowest BCUT2D eigenvalue weighted by molar-refractivity contribution is -0.345. The molecule has 11 N–H and O–H groups in total. The van der Waals surface area contributed by atoms with Gasteiger partial charge in [-0.2, -0.15) is 11.8 Å². The largest absolute Gasteiger partial charge is 0.508 e. The summed E-state index contributed by atoms with van der Waals surface area (Å²) < 4.78 is 40.8. The van der Waals surface area contributed by atoms with Crippen LogP contribution in [0.4, 0.5) is 0 Å². The fraction of sp³-hybridized carbons (Fsp3) is 0.705. The lowest BCUT2D eigenvalue weighted by atomic mass is 9.74. The number of methoxy groups -OCH3 is 1. The number of esters is 3. The number of hydrogen-bond acceptors (Lipinski definition) is 24. The van der Waals surface area contributed by atoms with E-state index < -0.39 is 186 Å². The molecule has 2 fully saturated rings. The number of hydrogen-bond donors (Lipinski definition) is 11. The van der Waals surface area contributed by atoms with Gasteiger partial charge in [0.15, 0.2) is 29.4 Å². The number of thioether (sulfide) groups is 2. The third kappa shape index (κ3) is 15.5. The number of carbonyl (C=O) groups excluding carboxylic acids is 6. The fourth-order valence-corrected chi connectivity index (χ4v) is 10.3. The smallest absolute Gasteiger partial charge is 0.341 e. The van der Waals surface area contributed by atoms with Crippen LogP contribution in [0.3, 0.4) is 0 Å². The first-order valence-corrected chi connectivity index (χ1v) is 25.3. The van der Waals surface area contributed by atoms with Crippen molar-refractivity contribution in [1.29, 1.82) is 5.41 Å². The minimum atomic E-state index is -3.19. The van der Waals surface area contributed by atoms with E-state index in [0.29, 0.717) is 18.2 Å². The number of nitrogens with one attached hydrogen (secondary N) is 4. The second kappa shape index (κ2) is 27.1. The van der Waals surface area contributed by atoms with E-state index in [0.717, 1.165) is 32.5 Å². The van der Waals surface area contributed by atoms with E-state index >= 15 is 0 Å². The highest BCUT2D eigenvalue weighted by Gasteiger charge is 2.62. The highest BCUT2D eigenvalue weighted by molar-refractivity contribution is 8.23. The minimum absolute atomic E-state index is 0.269. The topological polar surface area (TPSA) is 420 Å². The molecule has 27 nitrogen and oxygen atoms in total. The number of carboxylic acids is 3. The van der Waals surface area contributed by atoms with Crippen molar-refractivity contribution in [3.05, 3.63) is 11.3 Å². The third-order valence-electron chi connectivity index (χ3n) is 12.4. The number of amides is 2. The first kappa shape index (κ1) is 63.2. The summed E-state index contributed by atoms with van der Waals surface area (Å²) >= 11 is 6.91. The van der Waals surface area contributed by atoms with Crippen molar-refractivity contribution in [3.8, 4) is 0 Å². The Morgan fingerprint density at radius 2 is 1.49 bits per heavy atom. The minimum Gasteiger partial charge on any atom is -0.508 e. The highest BCUT2D eigenvalue weighted by atomic mass is 32.2. The van der Waals surface area contributed by atoms with E-state index in [2.05, 4.69) is 16.0 Å². The molecule has 0 bridgehead atoms. The maximum absolute atomic E-state index is 14.8. The van der Waals surface area contributed by atoms with Gasteiger partial charge >= 0.3 is 35.8 Å². The first-order chi connectivity index (χ1) is 34.3. The van der Waals surface area contributed by atoms with Crippen molar-refractivity contribution in [2.24, 2.45) is 5.92 Å². The number of Topliss-reactive ketones (excluding diaryl/α,β-unsaturated/α-hetero) is 1. The van der Waals surface area contributed by atoms with Crippen LogP contribution < -0.4 is 16.0 Å². The van der Waals surface area contributed by atoms with Crippen LogP contribution in [0.2, 0.25) is 0 Å². The van der Waals surface area contributed by atoms with Gasteiger partial charge in [0.05, 0.1) is 24.5 Å². The molecule has 0 aromatic heterocycles. The molecule has 1 aliphatic carbocycles. The van der Waals surface area contributed by atoms with Crippen molar-refractivity contribution < 1.29 is 112 Å². The Kier molecular flexibility index (Phi) is 23.2. The molecule has 4 unspecified atom stereocenters. The second-order valence-corrected chi connectivity index (χ2v) is 20.8. The van der Waals surface area contributed by atoms with Crippen molar-refractivity contribution in [2.45, 2.75) is 164 Å². The zero-order chi connectivity index (χ0) is 56.3. The Bertz CT molecular complexity index is 2200.